The number of likely N-dealkylation sites (tertiary alicyclic amines) is 1. The first-order chi connectivity index (χ1) is 7.02. The number of nitrogens with zero attached hydrogens (tertiary/aromatic N) is 1. The number of hydrogen-bond donors (Lipinski definition) is 5. The molecule has 90 valence electrons. The molecule has 0 radical (unpaired) electrons. The van der Waals surface area contributed by atoms with Crippen LogP contribution in [0.2, 0.25) is 0 Å². The van der Waals surface area contributed by atoms with Crippen molar-refractivity contribution >= 4 is 0 Å². The molecule has 15 heavy (non-hydrogen) atoms. The molecule has 1 heterocycles. The third kappa shape index (κ3) is 2.47. The third-order valence-electron chi connectivity index (χ3n) is 3.05. The predicted molar refractivity (Wildman–Crippen MR) is 52.1 cm³/mol. The monoisotopic (exact) mass is 221 g/mol. The highest BCUT2D eigenvalue weighted by Crippen LogP contribution is 2.20. The van der Waals surface area contributed by atoms with E-state index in [0.717, 1.165) is 0 Å². The van der Waals surface area contributed by atoms with Crippen LogP contribution in [-0.2, 0) is 0 Å². The molecule has 1 fully saturated rings. The van der Waals surface area contributed by atoms with Gasteiger partial charge in [0.05, 0.1) is 31.5 Å². The van der Waals surface area contributed by atoms with E-state index in [-0.39, 0.29) is 19.8 Å². The molecule has 1 aliphatic rings. The van der Waals surface area contributed by atoms with Crippen LogP contribution in [0.1, 0.15) is 6.92 Å². The molecule has 0 aromatic carbocycles. The summed E-state index contributed by atoms with van der Waals surface area (Å²) in [6, 6.07) is -0.926. The molecular formula is C9H19NO5. The first-order valence-corrected chi connectivity index (χ1v) is 5.04. The van der Waals surface area contributed by atoms with Gasteiger partial charge in [-0.1, -0.05) is 0 Å². The molecule has 1 saturated heterocycles. The Morgan fingerprint density at radius 2 is 1.67 bits per heavy atom. The average Bonchev–Trinajstić information content (AvgIpc) is 2.24. The lowest BCUT2D eigenvalue weighted by Crippen LogP contribution is -2.63. The highest BCUT2D eigenvalue weighted by atomic mass is 16.4. The van der Waals surface area contributed by atoms with Gasteiger partial charge in [0, 0.05) is 12.6 Å². The second-order valence-corrected chi connectivity index (χ2v) is 4.00. The van der Waals surface area contributed by atoms with Gasteiger partial charge in [-0.05, 0) is 6.92 Å². The fourth-order valence-electron chi connectivity index (χ4n) is 1.95. The number of aliphatic hydroxyl groups is 5. The van der Waals surface area contributed by atoms with Gasteiger partial charge < -0.3 is 25.5 Å². The molecule has 0 amide bonds. The summed E-state index contributed by atoms with van der Waals surface area (Å²) in [6.07, 6.45) is -3.31. The van der Waals surface area contributed by atoms with Gasteiger partial charge in [-0.3, -0.25) is 4.90 Å². The molecule has 0 spiro atoms. The van der Waals surface area contributed by atoms with Crippen LogP contribution < -0.4 is 0 Å². The van der Waals surface area contributed by atoms with Gasteiger partial charge in [0.1, 0.15) is 6.10 Å². The fourth-order valence-corrected chi connectivity index (χ4v) is 1.95. The van der Waals surface area contributed by atoms with Crippen molar-refractivity contribution in [2.75, 3.05) is 19.8 Å². The number of β-amino-alcohol motifs (C(OH)–C–C–N with tert-alkyl or cyclic N) is 1. The number of rotatable bonds is 3. The maximum Gasteiger partial charge on any atom is 0.108 e. The van der Waals surface area contributed by atoms with Crippen LogP contribution in [-0.4, -0.2) is 80.6 Å². The summed E-state index contributed by atoms with van der Waals surface area (Å²) in [6.45, 7) is 1.30. The van der Waals surface area contributed by atoms with E-state index in [1.165, 1.54) is 0 Å². The zero-order chi connectivity index (χ0) is 11.6. The van der Waals surface area contributed by atoms with Crippen molar-refractivity contribution in [3.8, 4) is 0 Å². The molecule has 0 unspecified atom stereocenters. The topological polar surface area (TPSA) is 104 Å². The highest BCUT2D eigenvalue weighted by Gasteiger charge is 2.41. The molecule has 1 rings (SSSR count). The summed E-state index contributed by atoms with van der Waals surface area (Å²) < 4.78 is 0. The molecule has 6 heteroatoms. The van der Waals surface area contributed by atoms with E-state index in [4.69, 9.17) is 10.2 Å². The van der Waals surface area contributed by atoms with E-state index in [2.05, 4.69) is 0 Å². The SMILES string of the molecule is C[C@H]1[C@@H](O)[C@@H](O)[C@H](O)CN1C(CO)CO. The average molecular weight is 221 g/mol. The van der Waals surface area contributed by atoms with Gasteiger partial charge in [-0.15, -0.1) is 0 Å². The van der Waals surface area contributed by atoms with E-state index in [0.29, 0.717) is 0 Å². The third-order valence-corrected chi connectivity index (χ3v) is 3.05. The second-order valence-electron chi connectivity index (χ2n) is 4.00. The summed E-state index contributed by atoms with van der Waals surface area (Å²) in [5, 5.41) is 46.5. The summed E-state index contributed by atoms with van der Waals surface area (Å²) in [4.78, 5) is 1.60. The molecule has 4 atom stereocenters. The van der Waals surface area contributed by atoms with Crippen LogP contribution in [0.25, 0.3) is 0 Å². The van der Waals surface area contributed by atoms with E-state index in [1.807, 2.05) is 0 Å². The predicted octanol–water partition coefficient (Wildman–Crippen LogP) is -2.87. The summed E-state index contributed by atoms with van der Waals surface area (Å²) in [7, 11) is 0. The first kappa shape index (κ1) is 12.8. The quantitative estimate of drug-likeness (QED) is 0.351. The Kier molecular flexibility index (Phi) is 4.45. The van der Waals surface area contributed by atoms with Crippen LogP contribution in [0.5, 0.6) is 0 Å². The minimum Gasteiger partial charge on any atom is -0.395 e. The van der Waals surface area contributed by atoms with Crippen molar-refractivity contribution in [2.45, 2.75) is 37.3 Å². The van der Waals surface area contributed by atoms with E-state index >= 15 is 0 Å². The van der Waals surface area contributed by atoms with Crippen molar-refractivity contribution in [1.29, 1.82) is 0 Å². The normalized spacial score (nSPS) is 38.6. The van der Waals surface area contributed by atoms with Gasteiger partial charge in [0.15, 0.2) is 0 Å². The second kappa shape index (κ2) is 5.20. The Morgan fingerprint density at radius 3 is 2.13 bits per heavy atom. The fraction of sp³-hybridized carbons (Fsp3) is 1.00. The smallest absolute Gasteiger partial charge is 0.108 e. The van der Waals surface area contributed by atoms with Crippen LogP contribution in [0.4, 0.5) is 0 Å². The molecule has 6 nitrogen and oxygen atoms in total. The van der Waals surface area contributed by atoms with Crippen LogP contribution >= 0.6 is 0 Å². The Balaban J connectivity index is 2.73. The molecule has 0 aromatic heterocycles. The lowest BCUT2D eigenvalue weighted by Gasteiger charge is -2.45. The van der Waals surface area contributed by atoms with Gasteiger partial charge >= 0.3 is 0 Å². The van der Waals surface area contributed by atoms with E-state index in [1.54, 1.807) is 11.8 Å². The molecular weight excluding hydrogens is 202 g/mol. The summed E-state index contributed by atoms with van der Waals surface area (Å²) >= 11 is 0. The number of piperidine rings is 1. The molecule has 0 aliphatic carbocycles. The first-order valence-electron chi connectivity index (χ1n) is 5.04. The lowest BCUT2D eigenvalue weighted by atomic mass is 9.93. The number of hydrogen-bond acceptors (Lipinski definition) is 6. The Hall–Kier alpha value is -0.240. The lowest BCUT2D eigenvalue weighted by molar-refractivity contribution is -0.148. The number of aliphatic hydroxyl groups excluding tert-OH is 5. The zero-order valence-electron chi connectivity index (χ0n) is 8.69. The van der Waals surface area contributed by atoms with Crippen molar-refractivity contribution in [3.05, 3.63) is 0 Å². The molecule has 0 saturated carbocycles. The minimum absolute atomic E-state index is 0.130. The maximum atomic E-state index is 9.61. The van der Waals surface area contributed by atoms with Gasteiger partial charge in [-0.25, -0.2) is 0 Å². The van der Waals surface area contributed by atoms with E-state index in [9.17, 15) is 15.3 Å². The van der Waals surface area contributed by atoms with Gasteiger partial charge in [-0.2, -0.15) is 0 Å². The van der Waals surface area contributed by atoms with Gasteiger partial charge in [0.2, 0.25) is 0 Å². The van der Waals surface area contributed by atoms with Gasteiger partial charge in [0.25, 0.3) is 0 Å². The van der Waals surface area contributed by atoms with Crippen LogP contribution in [0.3, 0.4) is 0 Å². The van der Waals surface area contributed by atoms with Crippen molar-refractivity contribution < 1.29 is 25.5 Å². The molecule has 0 aromatic rings. The zero-order valence-corrected chi connectivity index (χ0v) is 8.69. The summed E-state index contributed by atoms with van der Waals surface area (Å²) in [5.74, 6) is 0. The standard InChI is InChI=1S/C9H19NO5/c1-5-8(14)9(15)7(13)2-10(5)6(3-11)4-12/h5-9,11-15H,2-4H2,1H3/t5-,7+,8+,9-/m0/s1. The van der Waals surface area contributed by atoms with Crippen LogP contribution in [0.15, 0.2) is 0 Å². The largest absolute Gasteiger partial charge is 0.395 e. The summed E-state index contributed by atoms with van der Waals surface area (Å²) in [5.41, 5.74) is 0. The Morgan fingerprint density at radius 1 is 1.13 bits per heavy atom. The van der Waals surface area contributed by atoms with Crippen LogP contribution in [0, 0.1) is 0 Å². The maximum absolute atomic E-state index is 9.61. The van der Waals surface area contributed by atoms with Crippen molar-refractivity contribution in [2.24, 2.45) is 0 Å². The molecule has 0 bridgehead atoms. The Labute approximate surface area is 88.4 Å². The van der Waals surface area contributed by atoms with E-state index < -0.39 is 30.4 Å². The molecule has 5 N–H and O–H groups in total. The molecule has 1 aliphatic heterocycles. The highest BCUT2D eigenvalue weighted by molar-refractivity contribution is 4.94. The minimum atomic E-state index is -1.17. The van der Waals surface area contributed by atoms with Crippen molar-refractivity contribution in [1.82, 2.24) is 4.90 Å². The van der Waals surface area contributed by atoms with Crippen molar-refractivity contribution in [3.63, 3.8) is 0 Å². The Bertz CT molecular complexity index is 199.